The molecule has 1 atom stereocenters. The molecule has 2 aliphatic rings. The highest BCUT2D eigenvalue weighted by molar-refractivity contribution is 6.64. The minimum absolute atomic E-state index is 0.426. The van der Waals surface area contributed by atoms with E-state index in [1.54, 1.807) is 0 Å². The highest BCUT2D eigenvalue weighted by atomic mass is 16.7. The highest BCUT2D eigenvalue weighted by Crippen LogP contribution is 2.56. The van der Waals surface area contributed by atoms with Crippen molar-refractivity contribution in [3.8, 4) is 11.1 Å². The summed E-state index contributed by atoms with van der Waals surface area (Å²) < 4.78 is 13.2. The number of hydrogen-bond acceptors (Lipinski definition) is 3. The van der Waals surface area contributed by atoms with E-state index in [0.717, 1.165) is 11.0 Å². The fourth-order valence-corrected chi connectivity index (χ4v) is 6.31. The molecule has 4 aromatic carbocycles. The fourth-order valence-electron chi connectivity index (χ4n) is 6.31. The normalized spacial score (nSPS) is 20.9. The summed E-state index contributed by atoms with van der Waals surface area (Å²) >= 11 is 0. The third kappa shape index (κ3) is 3.14. The summed E-state index contributed by atoms with van der Waals surface area (Å²) in [7, 11) is -0.463. The van der Waals surface area contributed by atoms with E-state index in [9.17, 15) is 0 Å². The first kappa shape index (κ1) is 23.4. The van der Waals surface area contributed by atoms with Crippen LogP contribution in [0.5, 0.6) is 0 Å². The molecule has 0 N–H and O–H groups in total. The largest absolute Gasteiger partial charge is 0.495 e. The molecule has 1 aliphatic heterocycles. The van der Waals surface area contributed by atoms with Crippen molar-refractivity contribution in [1.29, 1.82) is 0 Å². The number of hydrogen-bond donors (Lipinski definition) is 0. The zero-order valence-electron chi connectivity index (χ0n) is 22.2. The fraction of sp³-hybridized carbons (Fsp3) is 0.206. The molecule has 2 heterocycles. The number of pyridine rings is 1. The Hall–Kier alpha value is -3.73. The van der Waals surface area contributed by atoms with Crippen LogP contribution in [0, 0.1) is 0 Å². The average molecular weight is 495 g/mol. The molecule has 0 saturated carbocycles. The predicted octanol–water partition coefficient (Wildman–Crippen LogP) is 6.90. The second-order valence-corrected chi connectivity index (χ2v) is 11.5. The molecule has 0 spiro atoms. The molecule has 0 radical (unpaired) electrons. The molecule has 1 unspecified atom stereocenters. The molecule has 38 heavy (non-hydrogen) atoms. The van der Waals surface area contributed by atoms with Crippen LogP contribution in [0.15, 0.2) is 109 Å². The lowest BCUT2D eigenvalue weighted by Gasteiger charge is -2.33. The molecule has 0 bridgehead atoms. The first-order valence-electron chi connectivity index (χ1n) is 13.3. The molecule has 1 aliphatic carbocycles. The van der Waals surface area contributed by atoms with Crippen LogP contribution in [0.25, 0.3) is 21.9 Å². The van der Waals surface area contributed by atoms with Crippen molar-refractivity contribution in [3.05, 3.63) is 132 Å². The van der Waals surface area contributed by atoms with Crippen molar-refractivity contribution >= 4 is 23.4 Å². The van der Waals surface area contributed by atoms with Crippen LogP contribution in [0.4, 0.5) is 0 Å². The van der Waals surface area contributed by atoms with E-state index in [2.05, 4.69) is 124 Å². The van der Waals surface area contributed by atoms with Crippen molar-refractivity contribution in [3.63, 3.8) is 0 Å². The van der Waals surface area contributed by atoms with Gasteiger partial charge in [0.2, 0.25) is 0 Å². The van der Waals surface area contributed by atoms with E-state index in [0.29, 0.717) is 0 Å². The molecule has 5 aromatic rings. The Morgan fingerprint density at radius 1 is 0.632 bits per heavy atom. The van der Waals surface area contributed by atoms with E-state index in [1.165, 1.54) is 38.6 Å². The van der Waals surface area contributed by atoms with Gasteiger partial charge in [0, 0.05) is 12.4 Å². The van der Waals surface area contributed by atoms with Gasteiger partial charge in [-0.25, -0.2) is 0 Å². The minimum atomic E-state index is -0.524. The van der Waals surface area contributed by atoms with Crippen molar-refractivity contribution in [1.82, 2.24) is 4.98 Å². The SMILES string of the molecule is CC1(C)OB(c2cccc3c2-c2cc4ccccc4cc2C3(c2ccccc2)c2cccnc2)OC1(C)C. The monoisotopic (exact) mass is 495 g/mol. The van der Waals surface area contributed by atoms with Gasteiger partial charge in [-0.1, -0.05) is 78.9 Å². The molecule has 3 nitrogen and oxygen atoms in total. The summed E-state index contributed by atoms with van der Waals surface area (Å²) in [5.41, 5.74) is 6.96. The summed E-state index contributed by atoms with van der Waals surface area (Å²) in [6, 6.07) is 35.0. The Bertz CT molecular complexity index is 1620. The Balaban J connectivity index is 1.61. The van der Waals surface area contributed by atoms with E-state index in [4.69, 9.17) is 9.31 Å². The van der Waals surface area contributed by atoms with Gasteiger partial charge in [0.1, 0.15) is 0 Å². The lowest BCUT2D eigenvalue weighted by Crippen LogP contribution is -2.41. The van der Waals surface area contributed by atoms with Gasteiger partial charge in [0.15, 0.2) is 0 Å². The highest BCUT2D eigenvalue weighted by Gasteiger charge is 2.54. The summed E-state index contributed by atoms with van der Waals surface area (Å²) in [4.78, 5) is 4.60. The standard InChI is InChI=1S/C34H30BNO2/c1-32(2)33(3,4)38-35(37-32)30-18-10-17-28-31(30)27-20-23-12-8-9-13-24(23)21-29(27)34(28,25-14-6-5-7-15-25)26-16-11-19-36-22-26/h5-22H,1-4H3. The summed E-state index contributed by atoms with van der Waals surface area (Å²) in [5, 5.41) is 2.44. The maximum absolute atomic E-state index is 6.62. The zero-order chi connectivity index (χ0) is 26.1. The van der Waals surface area contributed by atoms with Gasteiger partial charge >= 0.3 is 7.12 Å². The van der Waals surface area contributed by atoms with Crippen LogP contribution < -0.4 is 5.46 Å². The number of nitrogens with zero attached hydrogens (tertiary/aromatic N) is 1. The summed E-state index contributed by atoms with van der Waals surface area (Å²) in [6.07, 6.45) is 3.86. The lowest BCUT2D eigenvalue weighted by molar-refractivity contribution is 0.00578. The molecule has 0 amide bonds. The van der Waals surface area contributed by atoms with Crippen molar-refractivity contribution in [2.24, 2.45) is 0 Å². The van der Waals surface area contributed by atoms with Crippen molar-refractivity contribution in [2.45, 2.75) is 44.3 Å². The third-order valence-electron chi connectivity index (χ3n) is 8.87. The van der Waals surface area contributed by atoms with Gasteiger partial charge in [-0.05, 0) is 95.5 Å². The van der Waals surface area contributed by atoms with Gasteiger partial charge in [-0.15, -0.1) is 0 Å². The van der Waals surface area contributed by atoms with Gasteiger partial charge in [0.05, 0.1) is 16.6 Å². The van der Waals surface area contributed by atoms with E-state index in [-0.39, 0.29) is 0 Å². The van der Waals surface area contributed by atoms with Crippen LogP contribution in [0.3, 0.4) is 0 Å². The van der Waals surface area contributed by atoms with Gasteiger partial charge in [-0.3, -0.25) is 4.98 Å². The van der Waals surface area contributed by atoms with Gasteiger partial charge in [0.25, 0.3) is 0 Å². The minimum Gasteiger partial charge on any atom is -0.399 e. The van der Waals surface area contributed by atoms with Crippen LogP contribution in [-0.2, 0) is 14.7 Å². The third-order valence-corrected chi connectivity index (χ3v) is 8.87. The number of aromatic nitrogens is 1. The first-order chi connectivity index (χ1) is 18.3. The van der Waals surface area contributed by atoms with Crippen LogP contribution >= 0.6 is 0 Å². The molecule has 1 saturated heterocycles. The molecular formula is C34H30BNO2. The molecule has 4 heteroatoms. The number of fused-ring (bicyclic) bond motifs is 4. The van der Waals surface area contributed by atoms with Crippen LogP contribution in [-0.4, -0.2) is 23.3 Å². The average Bonchev–Trinajstić information content (AvgIpc) is 3.34. The maximum Gasteiger partial charge on any atom is 0.495 e. The van der Waals surface area contributed by atoms with E-state index in [1.807, 2.05) is 18.5 Å². The quantitative estimate of drug-likeness (QED) is 0.251. The van der Waals surface area contributed by atoms with Crippen molar-refractivity contribution < 1.29 is 9.31 Å². The van der Waals surface area contributed by atoms with E-state index < -0.39 is 23.7 Å². The molecule has 186 valence electrons. The zero-order valence-corrected chi connectivity index (χ0v) is 22.2. The smallest absolute Gasteiger partial charge is 0.399 e. The van der Waals surface area contributed by atoms with Crippen molar-refractivity contribution in [2.75, 3.05) is 0 Å². The van der Waals surface area contributed by atoms with Crippen LogP contribution in [0.2, 0.25) is 0 Å². The lowest BCUT2D eigenvalue weighted by atomic mass is 9.67. The summed E-state index contributed by atoms with van der Waals surface area (Å²) in [6.45, 7) is 8.45. The topological polar surface area (TPSA) is 31.4 Å². The maximum atomic E-state index is 6.62. The Kier molecular flexibility index (Phi) is 5.01. The van der Waals surface area contributed by atoms with Gasteiger partial charge in [-0.2, -0.15) is 0 Å². The van der Waals surface area contributed by atoms with E-state index >= 15 is 0 Å². The second-order valence-electron chi connectivity index (χ2n) is 11.5. The molecule has 7 rings (SSSR count). The Labute approximate surface area is 224 Å². The van der Waals surface area contributed by atoms with Gasteiger partial charge < -0.3 is 9.31 Å². The molecular weight excluding hydrogens is 465 g/mol. The second kappa shape index (κ2) is 8.13. The first-order valence-corrected chi connectivity index (χ1v) is 13.3. The number of benzene rings is 4. The number of rotatable bonds is 3. The molecule has 1 fully saturated rings. The molecule has 1 aromatic heterocycles. The van der Waals surface area contributed by atoms with Crippen LogP contribution in [0.1, 0.15) is 49.9 Å². The predicted molar refractivity (Wildman–Crippen MR) is 155 cm³/mol. The Morgan fingerprint density at radius 2 is 1.29 bits per heavy atom. The Morgan fingerprint density at radius 3 is 1.97 bits per heavy atom. The summed E-state index contributed by atoms with van der Waals surface area (Å²) in [5.74, 6) is 0.